The smallest absolute Gasteiger partial charge is 0.147 e. The number of nitrogens with zero attached hydrogens (tertiary/aromatic N) is 2. The molecule has 0 aliphatic rings. The molecule has 5 heteroatoms. The topological polar surface area (TPSA) is 46.0 Å². The van der Waals surface area contributed by atoms with Gasteiger partial charge in [-0.15, -0.1) is 0 Å². The highest BCUT2D eigenvalue weighted by Crippen LogP contribution is 2.32. The summed E-state index contributed by atoms with van der Waals surface area (Å²) in [6, 6.07) is 3.92. The molecule has 0 saturated heterocycles. The molecule has 94 valence electrons. The molecule has 3 nitrogen and oxygen atoms in total. The zero-order valence-corrected chi connectivity index (χ0v) is 9.77. The predicted molar refractivity (Wildman–Crippen MR) is 61.7 cm³/mol. The molecule has 2 heterocycles. The normalized spacial score (nSPS) is 14.2. The van der Waals surface area contributed by atoms with Crippen LogP contribution in [0.3, 0.4) is 0 Å². The summed E-state index contributed by atoms with van der Waals surface area (Å²) in [7, 11) is 0. The number of aromatic nitrogens is 2. The lowest BCUT2D eigenvalue weighted by atomic mass is 9.88. The third-order valence-corrected chi connectivity index (χ3v) is 2.88. The van der Waals surface area contributed by atoms with Crippen molar-refractivity contribution in [2.45, 2.75) is 18.9 Å². The van der Waals surface area contributed by atoms with Crippen LogP contribution in [0.4, 0.5) is 8.78 Å². The van der Waals surface area contributed by atoms with Gasteiger partial charge in [0.15, 0.2) is 0 Å². The number of rotatable bonds is 3. The van der Waals surface area contributed by atoms with E-state index in [4.69, 9.17) is 0 Å². The number of hydrogen-bond donors (Lipinski definition) is 1. The van der Waals surface area contributed by atoms with Crippen molar-refractivity contribution in [3.8, 4) is 0 Å². The Morgan fingerprint density at radius 1 is 1.22 bits per heavy atom. The molecule has 0 fully saturated rings. The first-order valence-electron chi connectivity index (χ1n) is 5.52. The highest BCUT2D eigenvalue weighted by molar-refractivity contribution is 5.31. The molecule has 2 aromatic heterocycles. The van der Waals surface area contributed by atoms with Crippen LogP contribution in [0, 0.1) is 11.6 Å². The second-order valence-electron chi connectivity index (χ2n) is 3.93. The number of pyridine rings is 2. The summed E-state index contributed by atoms with van der Waals surface area (Å²) >= 11 is 0. The Kier molecular flexibility index (Phi) is 3.34. The van der Waals surface area contributed by atoms with Crippen molar-refractivity contribution in [3.63, 3.8) is 0 Å². The van der Waals surface area contributed by atoms with Crippen molar-refractivity contribution in [1.82, 2.24) is 9.97 Å². The van der Waals surface area contributed by atoms with Gasteiger partial charge in [-0.3, -0.25) is 9.97 Å². The van der Waals surface area contributed by atoms with Crippen molar-refractivity contribution in [2.24, 2.45) is 0 Å². The highest BCUT2D eigenvalue weighted by atomic mass is 19.1. The maximum atomic E-state index is 13.7. The summed E-state index contributed by atoms with van der Waals surface area (Å²) in [4.78, 5) is 7.46. The fraction of sp³-hybridized carbons (Fsp3) is 0.231. The predicted octanol–water partition coefficient (Wildman–Crippen LogP) is 2.40. The van der Waals surface area contributed by atoms with Gasteiger partial charge in [0.05, 0.1) is 18.1 Å². The minimum atomic E-state index is -1.58. The van der Waals surface area contributed by atoms with Gasteiger partial charge in [-0.2, -0.15) is 0 Å². The van der Waals surface area contributed by atoms with Gasteiger partial charge in [-0.1, -0.05) is 6.92 Å². The van der Waals surface area contributed by atoms with Gasteiger partial charge in [0.2, 0.25) is 0 Å². The van der Waals surface area contributed by atoms with Crippen molar-refractivity contribution in [3.05, 3.63) is 59.7 Å². The van der Waals surface area contributed by atoms with Crippen molar-refractivity contribution < 1.29 is 13.9 Å². The van der Waals surface area contributed by atoms with Crippen molar-refractivity contribution in [2.75, 3.05) is 0 Å². The van der Waals surface area contributed by atoms with Gasteiger partial charge in [0.1, 0.15) is 17.2 Å². The van der Waals surface area contributed by atoms with Gasteiger partial charge >= 0.3 is 0 Å². The van der Waals surface area contributed by atoms with E-state index in [9.17, 15) is 13.9 Å². The monoisotopic (exact) mass is 250 g/mol. The first kappa shape index (κ1) is 12.6. The Hall–Kier alpha value is -1.88. The van der Waals surface area contributed by atoms with Gasteiger partial charge in [0.25, 0.3) is 0 Å². The third-order valence-electron chi connectivity index (χ3n) is 2.88. The molecule has 2 rings (SSSR count). The fourth-order valence-electron chi connectivity index (χ4n) is 1.84. The van der Waals surface area contributed by atoms with E-state index in [1.165, 1.54) is 24.4 Å². The molecule has 0 aromatic carbocycles. The average Bonchev–Trinajstić information content (AvgIpc) is 2.39. The fourth-order valence-corrected chi connectivity index (χ4v) is 1.84. The second-order valence-corrected chi connectivity index (χ2v) is 3.93. The van der Waals surface area contributed by atoms with Gasteiger partial charge in [-0.25, -0.2) is 8.78 Å². The molecule has 0 amide bonds. The molecule has 18 heavy (non-hydrogen) atoms. The molecule has 2 aromatic rings. The Morgan fingerprint density at radius 2 is 2.00 bits per heavy atom. The molecular formula is C13H12F2N2O. The Bertz CT molecular complexity index is 545. The average molecular weight is 250 g/mol. The van der Waals surface area contributed by atoms with E-state index in [-0.39, 0.29) is 17.7 Å². The SMILES string of the molecule is CCC(O)(c1ccc(F)cn1)c1ccncc1F. The lowest BCUT2D eigenvalue weighted by Gasteiger charge is -2.26. The van der Waals surface area contributed by atoms with Crippen molar-refractivity contribution in [1.29, 1.82) is 0 Å². The van der Waals surface area contributed by atoms with Crippen LogP contribution < -0.4 is 0 Å². The Balaban J connectivity index is 2.55. The van der Waals surface area contributed by atoms with Crippen molar-refractivity contribution >= 4 is 0 Å². The van der Waals surface area contributed by atoms with E-state index < -0.39 is 17.2 Å². The molecule has 0 spiro atoms. The molecule has 0 saturated carbocycles. The van der Waals surface area contributed by atoms with E-state index in [2.05, 4.69) is 9.97 Å². The van der Waals surface area contributed by atoms with E-state index in [1.807, 2.05) is 0 Å². The highest BCUT2D eigenvalue weighted by Gasteiger charge is 2.33. The largest absolute Gasteiger partial charge is 0.379 e. The van der Waals surface area contributed by atoms with E-state index in [0.29, 0.717) is 0 Å². The summed E-state index contributed by atoms with van der Waals surface area (Å²) in [5, 5.41) is 10.6. The number of hydrogen-bond acceptors (Lipinski definition) is 3. The quantitative estimate of drug-likeness (QED) is 0.909. The third kappa shape index (κ3) is 2.09. The summed E-state index contributed by atoms with van der Waals surface area (Å²) in [6.07, 6.45) is 3.63. The summed E-state index contributed by atoms with van der Waals surface area (Å²) in [6.45, 7) is 1.70. The Morgan fingerprint density at radius 3 is 2.56 bits per heavy atom. The minimum absolute atomic E-state index is 0.0825. The van der Waals surface area contributed by atoms with E-state index in [0.717, 1.165) is 12.4 Å². The summed E-state index contributed by atoms with van der Waals surface area (Å²) < 4.78 is 26.5. The van der Waals surface area contributed by atoms with Crippen LogP contribution in [-0.4, -0.2) is 15.1 Å². The molecular weight excluding hydrogens is 238 g/mol. The van der Waals surface area contributed by atoms with Crippen LogP contribution >= 0.6 is 0 Å². The second kappa shape index (κ2) is 4.78. The summed E-state index contributed by atoms with van der Waals surface area (Å²) in [5.41, 5.74) is -1.30. The standard InChI is InChI=1S/C13H12F2N2O/c1-2-13(18,10-5-6-16-8-11(10)15)12-4-3-9(14)7-17-12/h3-8,18H,2H2,1H3. The van der Waals surface area contributed by atoms with Crippen LogP contribution in [0.25, 0.3) is 0 Å². The molecule has 1 unspecified atom stereocenters. The van der Waals surface area contributed by atoms with Crippen LogP contribution in [0.1, 0.15) is 24.6 Å². The molecule has 0 aliphatic heterocycles. The first-order chi connectivity index (χ1) is 8.58. The zero-order chi connectivity index (χ0) is 13.2. The number of halogens is 2. The van der Waals surface area contributed by atoms with Crippen LogP contribution in [0.5, 0.6) is 0 Å². The molecule has 0 aliphatic carbocycles. The summed E-state index contributed by atoms with van der Waals surface area (Å²) in [5.74, 6) is -1.12. The van der Waals surface area contributed by atoms with E-state index >= 15 is 0 Å². The zero-order valence-electron chi connectivity index (χ0n) is 9.77. The maximum absolute atomic E-state index is 13.7. The van der Waals surface area contributed by atoms with Gasteiger partial charge < -0.3 is 5.11 Å². The van der Waals surface area contributed by atoms with Gasteiger partial charge in [-0.05, 0) is 24.6 Å². The van der Waals surface area contributed by atoms with E-state index in [1.54, 1.807) is 6.92 Å². The first-order valence-corrected chi connectivity index (χ1v) is 5.52. The lowest BCUT2D eigenvalue weighted by molar-refractivity contribution is 0.0677. The number of aliphatic hydroxyl groups is 1. The maximum Gasteiger partial charge on any atom is 0.147 e. The molecule has 0 radical (unpaired) electrons. The molecule has 1 atom stereocenters. The molecule has 1 N–H and O–H groups in total. The minimum Gasteiger partial charge on any atom is -0.379 e. The van der Waals surface area contributed by atoms with Crippen LogP contribution in [-0.2, 0) is 5.60 Å². The van der Waals surface area contributed by atoms with Crippen LogP contribution in [0.15, 0.2) is 36.8 Å². The Labute approximate surface area is 103 Å². The van der Waals surface area contributed by atoms with Gasteiger partial charge in [0, 0.05) is 11.8 Å². The lowest BCUT2D eigenvalue weighted by Crippen LogP contribution is -2.29. The van der Waals surface area contributed by atoms with Crippen LogP contribution in [0.2, 0.25) is 0 Å². The molecule has 0 bridgehead atoms.